The van der Waals surface area contributed by atoms with Gasteiger partial charge >= 0.3 is 0 Å². The van der Waals surface area contributed by atoms with Crippen LogP contribution in [0, 0.1) is 10.1 Å². The zero-order valence-electron chi connectivity index (χ0n) is 11.6. The molecule has 0 spiro atoms. The molecule has 1 heterocycles. The topological polar surface area (TPSA) is 73.6 Å². The first kappa shape index (κ1) is 14.7. The Morgan fingerprint density at radius 1 is 1.45 bits per heavy atom. The Bertz CT molecular complexity index is 458. The number of hydrogen-bond acceptors (Lipinski definition) is 5. The Morgan fingerprint density at radius 2 is 2.20 bits per heavy atom. The molecule has 6 nitrogen and oxygen atoms in total. The summed E-state index contributed by atoms with van der Waals surface area (Å²) in [7, 11) is 0. The van der Waals surface area contributed by atoms with Gasteiger partial charge in [-0.15, -0.1) is 0 Å². The maximum absolute atomic E-state index is 10.9. The largest absolute Gasteiger partial charge is 0.490 e. The van der Waals surface area contributed by atoms with Crippen LogP contribution in [0.1, 0.15) is 25.3 Å². The lowest BCUT2D eigenvalue weighted by atomic mass is 10.1. The smallest absolute Gasteiger partial charge is 0.270 e. The van der Waals surface area contributed by atoms with E-state index in [1.807, 2.05) is 6.92 Å². The van der Waals surface area contributed by atoms with Crippen molar-refractivity contribution in [3.63, 3.8) is 0 Å². The number of benzene rings is 1. The van der Waals surface area contributed by atoms with Gasteiger partial charge in [-0.1, -0.05) is 6.92 Å². The van der Waals surface area contributed by atoms with Gasteiger partial charge in [0, 0.05) is 37.1 Å². The second kappa shape index (κ2) is 7.21. The van der Waals surface area contributed by atoms with Crippen LogP contribution in [-0.4, -0.2) is 30.8 Å². The number of nitrogens with zero attached hydrogens (tertiary/aromatic N) is 1. The first-order valence-electron chi connectivity index (χ1n) is 6.93. The average Bonchev–Trinajstić information content (AvgIpc) is 2.47. The molecule has 1 fully saturated rings. The van der Waals surface area contributed by atoms with E-state index < -0.39 is 0 Å². The molecule has 2 rings (SSSR count). The van der Waals surface area contributed by atoms with E-state index in [0.717, 1.165) is 30.7 Å². The monoisotopic (exact) mass is 280 g/mol. The Labute approximate surface area is 118 Å². The molecule has 0 radical (unpaired) electrons. The summed E-state index contributed by atoms with van der Waals surface area (Å²) in [5.41, 5.74) is 0.921. The minimum atomic E-state index is -0.381. The van der Waals surface area contributed by atoms with Crippen LogP contribution in [0.4, 0.5) is 5.69 Å². The molecule has 1 aromatic rings. The molecule has 0 aliphatic carbocycles. The van der Waals surface area contributed by atoms with Gasteiger partial charge in [-0.2, -0.15) is 0 Å². The lowest BCUT2D eigenvalue weighted by Crippen LogP contribution is -2.26. The van der Waals surface area contributed by atoms with Crippen LogP contribution in [0.25, 0.3) is 0 Å². The SMILES string of the molecule is CCNCc1cc([N+](=O)[O-])ccc1OC1CCOCC1. The molecule has 0 unspecified atom stereocenters. The van der Waals surface area contributed by atoms with E-state index in [1.165, 1.54) is 6.07 Å². The lowest BCUT2D eigenvalue weighted by molar-refractivity contribution is -0.384. The Kier molecular flexibility index (Phi) is 5.31. The summed E-state index contributed by atoms with van der Waals surface area (Å²) >= 11 is 0. The third-order valence-electron chi connectivity index (χ3n) is 3.28. The summed E-state index contributed by atoms with van der Waals surface area (Å²) in [4.78, 5) is 10.5. The summed E-state index contributed by atoms with van der Waals surface area (Å²) in [6.07, 6.45) is 1.85. The highest BCUT2D eigenvalue weighted by Gasteiger charge is 2.18. The van der Waals surface area contributed by atoms with Gasteiger partial charge in [0.1, 0.15) is 11.9 Å². The molecule has 1 aliphatic rings. The minimum absolute atomic E-state index is 0.0947. The van der Waals surface area contributed by atoms with Gasteiger partial charge in [0.25, 0.3) is 5.69 Å². The summed E-state index contributed by atoms with van der Waals surface area (Å²) in [5, 5.41) is 14.0. The van der Waals surface area contributed by atoms with E-state index >= 15 is 0 Å². The van der Waals surface area contributed by atoms with Crippen molar-refractivity contribution in [3.8, 4) is 5.75 Å². The predicted octanol–water partition coefficient (Wildman–Crippen LogP) is 2.26. The van der Waals surface area contributed by atoms with Gasteiger partial charge in [0.05, 0.1) is 18.1 Å². The fourth-order valence-electron chi connectivity index (χ4n) is 2.17. The molecule has 20 heavy (non-hydrogen) atoms. The van der Waals surface area contributed by atoms with E-state index in [2.05, 4.69) is 5.32 Å². The second-order valence-electron chi connectivity index (χ2n) is 4.76. The van der Waals surface area contributed by atoms with Crippen LogP contribution in [0.15, 0.2) is 18.2 Å². The van der Waals surface area contributed by atoms with Gasteiger partial charge in [0.15, 0.2) is 0 Å². The first-order valence-corrected chi connectivity index (χ1v) is 6.93. The quantitative estimate of drug-likeness (QED) is 0.639. The molecule has 1 aliphatic heterocycles. The molecule has 1 aromatic carbocycles. The van der Waals surface area contributed by atoms with Crippen LogP contribution in [0.3, 0.4) is 0 Å². The third-order valence-corrected chi connectivity index (χ3v) is 3.28. The van der Waals surface area contributed by atoms with Gasteiger partial charge < -0.3 is 14.8 Å². The Morgan fingerprint density at radius 3 is 2.85 bits per heavy atom. The highest BCUT2D eigenvalue weighted by atomic mass is 16.6. The van der Waals surface area contributed by atoms with Gasteiger partial charge in [-0.3, -0.25) is 10.1 Å². The highest BCUT2D eigenvalue weighted by Crippen LogP contribution is 2.26. The second-order valence-corrected chi connectivity index (χ2v) is 4.76. The van der Waals surface area contributed by atoms with Crippen LogP contribution >= 0.6 is 0 Å². The van der Waals surface area contributed by atoms with Crippen LogP contribution < -0.4 is 10.1 Å². The standard InChI is InChI=1S/C14H20N2O4/c1-2-15-10-11-9-12(16(17)18)3-4-14(11)20-13-5-7-19-8-6-13/h3-4,9,13,15H,2,5-8,10H2,1H3. The number of ether oxygens (including phenoxy) is 2. The van der Waals surface area contributed by atoms with E-state index in [4.69, 9.17) is 9.47 Å². The number of non-ortho nitro benzene ring substituents is 1. The summed E-state index contributed by atoms with van der Waals surface area (Å²) in [6.45, 7) is 4.78. The fraction of sp³-hybridized carbons (Fsp3) is 0.571. The van der Waals surface area contributed by atoms with Gasteiger partial charge in [0.2, 0.25) is 0 Å². The van der Waals surface area contributed by atoms with Crippen molar-refractivity contribution in [2.45, 2.75) is 32.4 Å². The van der Waals surface area contributed by atoms with E-state index in [0.29, 0.717) is 19.8 Å². The van der Waals surface area contributed by atoms with Gasteiger partial charge in [-0.25, -0.2) is 0 Å². The van der Waals surface area contributed by atoms with Crippen LogP contribution in [0.5, 0.6) is 5.75 Å². The number of nitrogens with one attached hydrogen (secondary N) is 1. The minimum Gasteiger partial charge on any atom is -0.490 e. The molecule has 0 atom stereocenters. The molecule has 0 bridgehead atoms. The Balaban J connectivity index is 2.14. The molecule has 1 N–H and O–H groups in total. The van der Waals surface area contributed by atoms with Crippen molar-refractivity contribution in [3.05, 3.63) is 33.9 Å². The highest BCUT2D eigenvalue weighted by molar-refractivity contribution is 5.44. The van der Waals surface area contributed by atoms with E-state index in [1.54, 1.807) is 12.1 Å². The van der Waals surface area contributed by atoms with Crippen molar-refractivity contribution in [1.29, 1.82) is 0 Å². The molecule has 0 saturated carbocycles. The van der Waals surface area contributed by atoms with Crippen molar-refractivity contribution in [2.24, 2.45) is 0 Å². The molecule has 6 heteroatoms. The number of hydrogen-bond donors (Lipinski definition) is 1. The average molecular weight is 280 g/mol. The molecule has 110 valence electrons. The van der Waals surface area contributed by atoms with Crippen molar-refractivity contribution < 1.29 is 14.4 Å². The number of rotatable bonds is 6. The zero-order valence-corrected chi connectivity index (χ0v) is 11.6. The normalized spacial score (nSPS) is 16.1. The van der Waals surface area contributed by atoms with Crippen molar-refractivity contribution in [2.75, 3.05) is 19.8 Å². The maximum atomic E-state index is 10.9. The first-order chi connectivity index (χ1) is 9.70. The molecule has 0 aromatic heterocycles. The summed E-state index contributed by atoms with van der Waals surface area (Å²) < 4.78 is 11.3. The third kappa shape index (κ3) is 3.91. The van der Waals surface area contributed by atoms with Crippen molar-refractivity contribution in [1.82, 2.24) is 5.32 Å². The van der Waals surface area contributed by atoms with E-state index in [-0.39, 0.29) is 16.7 Å². The fourth-order valence-corrected chi connectivity index (χ4v) is 2.17. The zero-order chi connectivity index (χ0) is 14.4. The predicted molar refractivity (Wildman–Crippen MR) is 74.9 cm³/mol. The summed E-state index contributed by atoms with van der Waals surface area (Å²) in [6, 6.07) is 4.77. The summed E-state index contributed by atoms with van der Waals surface area (Å²) in [5.74, 6) is 0.725. The molecule has 0 amide bonds. The molecule has 1 saturated heterocycles. The van der Waals surface area contributed by atoms with Crippen LogP contribution in [-0.2, 0) is 11.3 Å². The molecular weight excluding hydrogens is 260 g/mol. The Hall–Kier alpha value is -1.66. The van der Waals surface area contributed by atoms with E-state index in [9.17, 15) is 10.1 Å². The van der Waals surface area contributed by atoms with Gasteiger partial charge in [-0.05, 0) is 12.6 Å². The maximum Gasteiger partial charge on any atom is 0.270 e. The number of nitro benzene ring substituents is 1. The number of nitro groups is 1. The van der Waals surface area contributed by atoms with Crippen molar-refractivity contribution >= 4 is 5.69 Å². The lowest BCUT2D eigenvalue weighted by Gasteiger charge is -2.24. The van der Waals surface area contributed by atoms with Crippen LogP contribution in [0.2, 0.25) is 0 Å². The molecular formula is C14H20N2O4.